The molecule has 2 aromatic rings. The minimum Gasteiger partial charge on any atom is -0.506 e. The molecule has 0 heterocycles. The Bertz CT molecular complexity index is 876. The molecule has 0 radical (unpaired) electrons. The fraction of sp³-hybridized carbons (Fsp3) is 0.143. The Labute approximate surface area is 131 Å². The van der Waals surface area contributed by atoms with Crippen molar-refractivity contribution in [3.63, 3.8) is 0 Å². The van der Waals surface area contributed by atoms with Crippen LogP contribution in [-0.2, 0) is 10.0 Å². The summed E-state index contributed by atoms with van der Waals surface area (Å²) in [4.78, 5) is 9.44. The molecule has 0 spiro atoms. The fourth-order valence-corrected chi connectivity index (χ4v) is 3.14. The zero-order valence-corrected chi connectivity index (χ0v) is 13.0. The summed E-state index contributed by atoms with van der Waals surface area (Å²) in [6.07, 6.45) is 0. The Morgan fingerprint density at radius 2 is 1.91 bits per heavy atom. The van der Waals surface area contributed by atoms with Crippen LogP contribution in [0.1, 0.15) is 11.1 Å². The summed E-state index contributed by atoms with van der Waals surface area (Å²) in [5.74, 6) is -1.32. The van der Waals surface area contributed by atoms with Gasteiger partial charge in [0.25, 0.3) is 15.7 Å². The highest BCUT2D eigenvalue weighted by molar-refractivity contribution is 7.92. The molecule has 0 aliphatic rings. The zero-order chi connectivity index (χ0) is 17.4. The largest absolute Gasteiger partial charge is 0.506 e. The molecule has 0 aliphatic carbocycles. The predicted octanol–water partition coefficient (Wildman–Crippen LogP) is 2.86. The summed E-state index contributed by atoms with van der Waals surface area (Å²) < 4.78 is 40.6. The molecule has 0 fully saturated rings. The van der Waals surface area contributed by atoms with Crippen molar-refractivity contribution >= 4 is 21.4 Å². The number of nitrogens with zero attached hydrogens (tertiary/aromatic N) is 1. The monoisotopic (exact) mass is 340 g/mol. The molecule has 0 atom stereocenters. The number of phenolic OH excluding ortho intramolecular Hbond substituents is 1. The van der Waals surface area contributed by atoms with Crippen LogP contribution in [0.5, 0.6) is 5.75 Å². The van der Waals surface area contributed by atoms with E-state index in [0.29, 0.717) is 11.6 Å². The maximum atomic E-state index is 13.8. The van der Waals surface area contributed by atoms with Gasteiger partial charge in [0.1, 0.15) is 11.6 Å². The first-order chi connectivity index (χ1) is 10.6. The number of para-hydroxylation sites is 1. The minimum absolute atomic E-state index is 0.0730. The molecule has 9 heteroatoms. The number of hydrogen-bond donors (Lipinski definition) is 2. The second kappa shape index (κ2) is 5.84. The molecule has 2 N–H and O–H groups in total. The number of aryl methyl sites for hydroxylation is 1. The molecule has 0 saturated carbocycles. The maximum absolute atomic E-state index is 13.8. The van der Waals surface area contributed by atoms with Gasteiger partial charge in [0.05, 0.1) is 21.1 Å². The molecule has 2 rings (SSSR count). The van der Waals surface area contributed by atoms with E-state index in [1.807, 2.05) is 0 Å². The third-order valence-electron chi connectivity index (χ3n) is 3.28. The Kier molecular flexibility index (Phi) is 4.24. The van der Waals surface area contributed by atoms with Crippen LogP contribution >= 0.6 is 0 Å². The summed E-state index contributed by atoms with van der Waals surface area (Å²) in [6.45, 7) is 2.75. The maximum Gasteiger partial charge on any atom is 0.276 e. The lowest BCUT2D eigenvalue weighted by molar-refractivity contribution is -0.385. The number of nitro groups is 1. The van der Waals surface area contributed by atoms with Gasteiger partial charge in [-0.25, -0.2) is 12.8 Å². The standard InChI is InChI=1S/C14H13FN2O5S/c1-8-4-3-5-13(18)14(8)16-23(21,22)10-6-11(15)9(2)12(7-10)17(19)20/h3-7,16,18H,1-2H3. The lowest BCUT2D eigenvalue weighted by Gasteiger charge is -2.12. The number of anilines is 1. The number of benzene rings is 2. The normalized spacial score (nSPS) is 11.3. The van der Waals surface area contributed by atoms with Crippen LogP contribution in [-0.4, -0.2) is 18.4 Å². The summed E-state index contributed by atoms with van der Waals surface area (Å²) in [7, 11) is -4.31. The number of phenols is 1. The number of nitrogens with one attached hydrogen (secondary N) is 1. The highest BCUT2D eigenvalue weighted by atomic mass is 32.2. The van der Waals surface area contributed by atoms with Gasteiger partial charge in [-0.15, -0.1) is 0 Å². The SMILES string of the molecule is Cc1cccc(O)c1NS(=O)(=O)c1cc(F)c(C)c([N+](=O)[O-])c1. The lowest BCUT2D eigenvalue weighted by Crippen LogP contribution is -2.15. The van der Waals surface area contributed by atoms with Crippen molar-refractivity contribution in [2.45, 2.75) is 18.7 Å². The molecule has 0 aromatic heterocycles. The van der Waals surface area contributed by atoms with E-state index in [2.05, 4.69) is 4.72 Å². The van der Waals surface area contributed by atoms with Gasteiger partial charge in [0, 0.05) is 6.07 Å². The van der Waals surface area contributed by atoms with Crippen molar-refractivity contribution < 1.29 is 22.8 Å². The Balaban J connectivity index is 2.55. The first kappa shape index (κ1) is 16.7. The second-order valence-electron chi connectivity index (χ2n) is 4.88. The number of halogens is 1. The van der Waals surface area contributed by atoms with Gasteiger partial charge in [-0.3, -0.25) is 14.8 Å². The van der Waals surface area contributed by atoms with E-state index in [0.717, 1.165) is 6.07 Å². The van der Waals surface area contributed by atoms with Crippen molar-refractivity contribution in [3.05, 3.63) is 57.4 Å². The molecule has 7 nitrogen and oxygen atoms in total. The van der Waals surface area contributed by atoms with Crippen molar-refractivity contribution in [1.82, 2.24) is 0 Å². The summed E-state index contributed by atoms with van der Waals surface area (Å²) in [5, 5.41) is 20.6. The van der Waals surface area contributed by atoms with Gasteiger partial charge in [-0.1, -0.05) is 12.1 Å². The Morgan fingerprint density at radius 3 is 2.48 bits per heavy atom. The summed E-state index contributed by atoms with van der Waals surface area (Å²) >= 11 is 0. The van der Waals surface area contributed by atoms with E-state index in [-0.39, 0.29) is 17.0 Å². The van der Waals surface area contributed by atoms with Crippen molar-refractivity contribution in [2.24, 2.45) is 0 Å². The molecular formula is C14H13FN2O5S. The van der Waals surface area contributed by atoms with Crippen LogP contribution < -0.4 is 4.72 Å². The quantitative estimate of drug-likeness (QED) is 0.505. The van der Waals surface area contributed by atoms with Gasteiger partial charge in [-0.05, 0) is 31.5 Å². The topological polar surface area (TPSA) is 110 Å². The number of rotatable bonds is 4. The smallest absolute Gasteiger partial charge is 0.276 e. The van der Waals surface area contributed by atoms with Crippen LogP contribution in [0.4, 0.5) is 15.8 Å². The highest BCUT2D eigenvalue weighted by Gasteiger charge is 2.24. The number of sulfonamides is 1. The summed E-state index contributed by atoms with van der Waals surface area (Å²) in [6, 6.07) is 5.84. The summed E-state index contributed by atoms with van der Waals surface area (Å²) in [5.41, 5.74) is -0.529. The van der Waals surface area contributed by atoms with Crippen molar-refractivity contribution in [2.75, 3.05) is 4.72 Å². The van der Waals surface area contributed by atoms with E-state index in [1.165, 1.54) is 19.1 Å². The van der Waals surface area contributed by atoms with Crippen LogP contribution in [0.25, 0.3) is 0 Å². The zero-order valence-electron chi connectivity index (χ0n) is 12.2. The molecule has 0 amide bonds. The third-order valence-corrected chi connectivity index (χ3v) is 4.61. The Hall–Kier alpha value is -2.68. The Morgan fingerprint density at radius 1 is 1.26 bits per heavy atom. The van der Waals surface area contributed by atoms with E-state index in [9.17, 15) is 28.0 Å². The predicted molar refractivity (Wildman–Crippen MR) is 81.4 cm³/mol. The molecule has 0 aliphatic heterocycles. The van der Waals surface area contributed by atoms with E-state index >= 15 is 0 Å². The van der Waals surface area contributed by atoms with E-state index in [4.69, 9.17) is 0 Å². The van der Waals surface area contributed by atoms with Gasteiger partial charge in [0.2, 0.25) is 0 Å². The van der Waals surface area contributed by atoms with Gasteiger partial charge in [-0.2, -0.15) is 0 Å². The molecular weight excluding hydrogens is 327 g/mol. The molecule has 2 aromatic carbocycles. The molecule has 0 bridgehead atoms. The van der Waals surface area contributed by atoms with Gasteiger partial charge < -0.3 is 5.11 Å². The van der Waals surface area contributed by atoms with Crippen LogP contribution in [0.3, 0.4) is 0 Å². The average Bonchev–Trinajstić information content (AvgIpc) is 2.45. The van der Waals surface area contributed by atoms with Crippen LogP contribution in [0.2, 0.25) is 0 Å². The number of aromatic hydroxyl groups is 1. The van der Waals surface area contributed by atoms with Crippen LogP contribution in [0.15, 0.2) is 35.2 Å². The second-order valence-corrected chi connectivity index (χ2v) is 6.56. The van der Waals surface area contributed by atoms with E-state index in [1.54, 1.807) is 13.0 Å². The molecule has 122 valence electrons. The van der Waals surface area contributed by atoms with Crippen LogP contribution in [0, 0.1) is 29.8 Å². The van der Waals surface area contributed by atoms with Gasteiger partial charge >= 0.3 is 0 Å². The average molecular weight is 340 g/mol. The number of nitro benzene ring substituents is 1. The molecule has 0 unspecified atom stereocenters. The lowest BCUT2D eigenvalue weighted by atomic mass is 10.2. The van der Waals surface area contributed by atoms with Gasteiger partial charge in [0.15, 0.2) is 0 Å². The highest BCUT2D eigenvalue weighted by Crippen LogP contribution is 2.31. The minimum atomic E-state index is -4.31. The number of hydrogen-bond acceptors (Lipinski definition) is 5. The van der Waals surface area contributed by atoms with Crippen molar-refractivity contribution in [3.8, 4) is 5.75 Å². The van der Waals surface area contributed by atoms with E-state index < -0.39 is 31.3 Å². The first-order valence-electron chi connectivity index (χ1n) is 6.39. The third kappa shape index (κ3) is 3.24. The first-order valence-corrected chi connectivity index (χ1v) is 7.87. The van der Waals surface area contributed by atoms with Crippen molar-refractivity contribution in [1.29, 1.82) is 0 Å². The fourth-order valence-electron chi connectivity index (χ4n) is 1.96. The molecule has 0 saturated heterocycles. The molecule has 23 heavy (non-hydrogen) atoms.